The molecular weight excluding hydrogens is 570 g/mol. The molecule has 0 saturated carbocycles. The van der Waals surface area contributed by atoms with Gasteiger partial charge in [0.05, 0.1) is 21.2 Å². The van der Waals surface area contributed by atoms with Crippen molar-refractivity contribution in [3.05, 3.63) is 74.3 Å². The molecule has 158 valence electrons. The summed E-state index contributed by atoms with van der Waals surface area (Å²) in [4.78, 5) is 12.1. The van der Waals surface area contributed by atoms with Crippen molar-refractivity contribution < 1.29 is 0 Å². The van der Waals surface area contributed by atoms with E-state index in [0.29, 0.717) is 6.04 Å². The number of nitrogens with one attached hydrogen (secondary N) is 1. The van der Waals surface area contributed by atoms with Gasteiger partial charge in [0, 0.05) is 18.0 Å². The van der Waals surface area contributed by atoms with Gasteiger partial charge in [-0.2, -0.15) is 0 Å². The Morgan fingerprint density at radius 2 is 1.87 bits per heavy atom. The first-order chi connectivity index (χ1) is 13.8. The molecule has 1 unspecified atom stereocenters. The molecule has 0 bridgehead atoms. The van der Waals surface area contributed by atoms with E-state index in [1.54, 1.807) is 23.5 Å². The SMILES string of the molecule is Cl.Cl.IC1=C(CSC2=NCc3ccccc3N2)N2CC(Cc3ccccc3)N=C2S1. The highest BCUT2D eigenvalue weighted by molar-refractivity contribution is 14.1. The Balaban J connectivity index is 0.00000128. The number of hydrogen-bond donors (Lipinski definition) is 1. The molecule has 0 aliphatic carbocycles. The molecule has 5 rings (SSSR count). The number of halogens is 3. The molecule has 0 spiro atoms. The molecule has 0 radical (unpaired) electrons. The summed E-state index contributed by atoms with van der Waals surface area (Å²) in [5, 5.41) is 5.63. The minimum Gasteiger partial charge on any atom is -0.335 e. The first kappa shape index (κ1) is 23.8. The highest BCUT2D eigenvalue weighted by Crippen LogP contribution is 2.43. The van der Waals surface area contributed by atoms with E-state index in [9.17, 15) is 0 Å². The van der Waals surface area contributed by atoms with Gasteiger partial charge in [-0.15, -0.1) is 24.8 Å². The maximum absolute atomic E-state index is 4.97. The quantitative estimate of drug-likeness (QED) is 0.432. The van der Waals surface area contributed by atoms with Gasteiger partial charge < -0.3 is 10.2 Å². The fourth-order valence-corrected chi connectivity index (χ4v) is 6.84. The molecule has 0 saturated heterocycles. The predicted molar refractivity (Wildman–Crippen MR) is 145 cm³/mol. The molecule has 3 aliphatic rings. The van der Waals surface area contributed by atoms with Gasteiger partial charge >= 0.3 is 0 Å². The fourth-order valence-electron chi connectivity index (χ4n) is 3.55. The lowest BCUT2D eigenvalue weighted by Gasteiger charge is -2.21. The Labute approximate surface area is 211 Å². The molecule has 30 heavy (non-hydrogen) atoms. The first-order valence-electron chi connectivity index (χ1n) is 9.24. The lowest BCUT2D eigenvalue weighted by Crippen LogP contribution is -2.26. The summed E-state index contributed by atoms with van der Waals surface area (Å²) in [7, 11) is 0. The number of benzene rings is 2. The Morgan fingerprint density at radius 3 is 2.70 bits per heavy atom. The Bertz CT molecular complexity index is 998. The lowest BCUT2D eigenvalue weighted by atomic mass is 10.1. The smallest absolute Gasteiger partial charge is 0.169 e. The van der Waals surface area contributed by atoms with Crippen molar-refractivity contribution in [2.45, 2.75) is 19.0 Å². The van der Waals surface area contributed by atoms with Crippen LogP contribution in [0, 0.1) is 0 Å². The van der Waals surface area contributed by atoms with E-state index in [2.05, 4.69) is 87.4 Å². The third-order valence-corrected chi connectivity index (χ3v) is 8.09. The standard InChI is InChI=1S/C21H19IN4S2.2ClH/c22-19-18(13-27-20-23-11-15-8-4-5-9-17(15)25-20)26-12-16(24-21(26)28-19)10-14-6-2-1-3-7-14;;/h1-9,16H,10-13H2,(H,23,25);2*1H. The highest BCUT2D eigenvalue weighted by Gasteiger charge is 2.35. The zero-order valence-corrected chi connectivity index (χ0v) is 21.4. The van der Waals surface area contributed by atoms with E-state index in [1.807, 2.05) is 0 Å². The number of para-hydroxylation sites is 1. The minimum atomic E-state index is 0. The number of fused-ring (bicyclic) bond motifs is 2. The summed E-state index contributed by atoms with van der Waals surface area (Å²) in [6, 6.07) is 19.4. The van der Waals surface area contributed by atoms with Crippen molar-refractivity contribution in [2.75, 3.05) is 17.6 Å². The highest BCUT2D eigenvalue weighted by atomic mass is 127. The Kier molecular flexibility index (Phi) is 8.43. The van der Waals surface area contributed by atoms with Crippen LogP contribution in [0.2, 0.25) is 0 Å². The topological polar surface area (TPSA) is 40.0 Å². The average molecular weight is 591 g/mol. The molecule has 0 amide bonds. The van der Waals surface area contributed by atoms with Crippen molar-refractivity contribution in [3.63, 3.8) is 0 Å². The maximum atomic E-state index is 4.97. The van der Waals surface area contributed by atoms with Gasteiger partial charge in [0.25, 0.3) is 0 Å². The van der Waals surface area contributed by atoms with Crippen molar-refractivity contribution >= 4 is 87.0 Å². The van der Waals surface area contributed by atoms with E-state index < -0.39 is 0 Å². The van der Waals surface area contributed by atoms with Gasteiger partial charge in [-0.05, 0) is 58.0 Å². The van der Waals surface area contributed by atoms with Crippen LogP contribution in [0.25, 0.3) is 0 Å². The molecule has 9 heteroatoms. The van der Waals surface area contributed by atoms with Crippen LogP contribution < -0.4 is 5.32 Å². The third kappa shape index (κ3) is 5.12. The molecule has 3 heterocycles. The van der Waals surface area contributed by atoms with Gasteiger partial charge in [0.1, 0.15) is 0 Å². The van der Waals surface area contributed by atoms with E-state index in [4.69, 9.17) is 9.98 Å². The fraction of sp³-hybridized carbons (Fsp3) is 0.238. The van der Waals surface area contributed by atoms with Gasteiger partial charge in [0.2, 0.25) is 0 Å². The summed E-state index contributed by atoms with van der Waals surface area (Å²) in [6.07, 6.45) is 1.00. The predicted octanol–water partition coefficient (Wildman–Crippen LogP) is 6.18. The third-order valence-electron chi connectivity index (χ3n) is 4.96. The van der Waals surface area contributed by atoms with Crippen molar-refractivity contribution in [1.82, 2.24) is 4.90 Å². The van der Waals surface area contributed by atoms with Gasteiger partial charge in [-0.1, -0.05) is 60.3 Å². The number of aliphatic imine (C=N–C) groups is 2. The number of rotatable bonds is 4. The minimum absolute atomic E-state index is 0. The van der Waals surface area contributed by atoms with Crippen molar-refractivity contribution in [3.8, 4) is 0 Å². The van der Waals surface area contributed by atoms with E-state index in [0.717, 1.165) is 35.6 Å². The Morgan fingerprint density at radius 1 is 1.10 bits per heavy atom. The van der Waals surface area contributed by atoms with Crippen LogP contribution in [0.3, 0.4) is 0 Å². The average Bonchev–Trinajstić information content (AvgIpc) is 3.23. The zero-order chi connectivity index (χ0) is 18.9. The second kappa shape index (κ2) is 10.6. The lowest BCUT2D eigenvalue weighted by molar-refractivity contribution is 0.512. The van der Waals surface area contributed by atoms with Crippen LogP contribution in [0.1, 0.15) is 11.1 Å². The summed E-state index contributed by atoms with van der Waals surface area (Å²) < 4.78 is 1.33. The summed E-state index contributed by atoms with van der Waals surface area (Å²) in [5.74, 6) is 0.913. The summed E-state index contributed by atoms with van der Waals surface area (Å²) >= 11 is 6.04. The van der Waals surface area contributed by atoms with Crippen LogP contribution >= 0.6 is 70.9 Å². The first-order valence-corrected chi connectivity index (χ1v) is 12.1. The summed E-state index contributed by atoms with van der Waals surface area (Å²) in [6.45, 7) is 1.73. The zero-order valence-electron chi connectivity index (χ0n) is 16.0. The molecule has 3 aliphatic heterocycles. The normalized spacial score (nSPS) is 19.1. The molecule has 2 aromatic carbocycles. The molecule has 4 nitrogen and oxygen atoms in total. The molecule has 1 N–H and O–H groups in total. The molecule has 1 atom stereocenters. The second-order valence-corrected chi connectivity index (χ2v) is 10.6. The van der Waals surface area contributed by atoms with Crippen LogP contribution in [0.15, 0.2) is 73.2 Å². The molecule has 0 fully saturated rings. The number of anilines is 1. The van der Waals surface area contributed by atoms with Gasteiger partial charge in [-0.25, -0.2) is 0 Å². The monoisotopic (exact) mass is 590 g/mol. The van der Waals surface area contributed by atoms with Crippen LogP contribution in [-0.4, -0.2) is 33.6 Å². The number of hydrogen-bond acceptors (Lipinski definition) is 6. The largest absolute Gasteiger partial charge is 0.335 e. The number of nitrogens with zero attached hydrogens (tertiary/aromatic N) is 3. The van der Waals surface area contributed by atoms with Crippen molar-refractivity contribution in [2.24, 2.45) is 9.98 Å². The van der Waals surface area contributed by atoms with Gasteiger partial charge in [0.15, 0.2) is 10.3 Å². The molecule has 2 aromatic rings. The van der Waals surface area contributed by atoms with E-state index >= 15 is 0 Å². The number of amidine groups is 2. The second-order valence-electron chi connectivity index (χ2n) is 6.88. The van der Waals surface area contributed by atoms with Crippen LogP contribution in [0.5, 0.6) is 0 Å². The maximum Gasteiger partial charge on any atom is 0.169 e. The summed E-state index contributed by atoms with van der Waals surface area (Å²) in [5.41, 5.74) is 5.16. The van der Waals surface area contributed by atoms with E-state index in [-0.39, 0.29) is 24.8 Å². The van der Waals surface area contributed by atoms with Gasteiger partial charge in [-0.3, -0.25) is 9.98 Å². The number of thioether (sulfide) groups is 2. The van der Waals surface area contributed by atoms with E-state index in [1.165, 1.54) is 25.4 Å². The van der Waals surface area contributed by atoms with Crippen molar-refractivity contribution in [1.29, 1.82) is 0 Å². The molecular formula is C21H21Cl2IN4S2. The Hall–Kier alpha value is -0.870. The molecule has 0 aromatic heterocycles. The van der Waals surface area contributed by atoms with Crippen LogP contribution in [-0.2, 0) is 13.0 Å². The van der Waals surface area contributed by atoms with Crippen LogP contribution in [0.4, 0.5) is 5.69 Å².